The Morgan fingerprint density at radius 1 is 1.00 bits per heavy atom. The van der Waals surface area contributed by atoms with Crippen LogP contribution >= 0.6 is 0 Å². The summed E-state index contributed by atoms with van der Waals surface area (Å²) in [6.45, 7) is 0. The van der Waals surface area contributed by atoms with Gasteiger partial charge in [-0.05, 0) is 49.7 Å². The van der Waals surface area contributed by atoms with E-state index >= 15 is 0 Å². The van der Waals surface area contributed by atoms with E-state index in [4.69, 9.17) is 0 Å². The summed E-state index contributed by atoms with van der Waals surface area (Å²) in [6.07, 6.45) is 1.76. The zero-order valence-electron chi connectivity index (χ0n) is 13.0. The summed E-state index contributed by atoms with van der Waals surface area (Å²) in [5.41, 5.74) is 4.97. The summed E-state index contributed by atoms with van der Waals surface area (Å²) in [5.74, 6) is 0.221. The van der Waals surface area contributed by atoms with Gasteiger partial charge in [0.05, 0.1) is 12.1 Å². The lowest BCUT2D eigenvalue weighted by atomic mass is 9.95. The summed E-state index contributed by atoms with van der Waals surface area (Å²) in [4.78, 5) is 17.1. The highest BCUT2D eigenvalue weighted by molar-refractivity contribution is 6.01. The molecule has 4 rings (SSSR count). The van der Waals surface area contributed by atoms with E-state index in [9.17, 15) is 4.79 Å². The first-order chi connectivity index (χ1) is 10.7. The van der Waals surface area contributed by atoms with E-state index in [1.165, 1.54) is 16.7 Å². The first-order valence-corrected chi connectivity index (χ1v) is 7.82. The molecule has 2 aliphatic rings. The van der Waals surface area contributed by atoms with Crippen LogP contribution in [-0.2, 0) is 11.2 Å². The van der Waals surface area contributed by atoms with Gasteiger partial charge in [0.25, 0.3) is 0 Å². The fourth-order valence-electron chi connectivity index (χ4n) is 3.84. The number of nitrogens with zero attached hydrogens (tertiary/aromatic N) is 2. The molecular formula is C19H20N2O. The third-order valence-corrected chi connectivity index (χ3v) is 4.95. The Morgan fingerprint density at radius 2 is 1.68 bits per heavy atom. The molecule has 3 nitrogen and oxygen atoms in total. The Morgan fingerprint density at radius 3 is 2.45 bits per heavy atom. The lowest BCUT2D eigenvalue weighted by Crippen LogP contribution is -2.37. The largest absolute Gasteiger partial charge is 0.303 e. The van der Waals surface area contributed by atoms with E-state index in [1.54, 1.807) is 0 Å². The first kappa shape index (κ1) is 13.5. The van der Waals surface area contributed by atoms with Gasteiger partial charge in [0.15, 0.2) is 0 Å². The molecule has 22 heavy (non-hydrogen) atoms. The normalized spacial score (nSPS) is 23.0. The molecule has 1 saturated heterocycles. The maximum Gasteiger partial charge on any atom is 0.244 e. The van der Waals surface area contributed by atoms with E-state index in [2.05, 4.69) is 42.5 Å². The highest BCUT2D eigenvalue weighted by Crippen LogP contribution is 2.44. The average Bonchev–Trinajstić information content (AvgIpc) is 2.79. The average molecular weight is 292 g/mol. The van der Waals surface area contributed by atoms with Crippen molar-refractivity contribution in [3.05, 3.63) is 65.2 Å². The summed E-state index contributed by atoms with van der Waals surface area (Å²) in [6, 6.07) is 17.0. The lowest BCUT2D eigenvalue weighted by Gasteiger charge is -2.25. The van der Waals surface area contributed by atoms with Crippen molar-refractivity contribution in [3.63, 3.8) is 0 Å². The molecule has 0 spiro atoms. The summed E-state index contributed by atoms with van der Waals surface area (Å²) >= 11 is 0. The fraction of sp³-hybridized carbons (Fsp3) is 0.316. The minimum atomic E-state index is -0.0378. The number of fused-ring (bicyclic) bond motifs is 5. The number of carbonyl (C=O) groups excluding carboxylic acids is 1. The van der Waals surface area contributed by atoms with Gasteiger partial charge in [-0.15, -0.1) is 0 Å². The van der Waals surface area contributed by atoms with Crippen molar-refractivity contribution in [2.45, 2.75) is 24.9 Å². The molecule has 2 aromatic carbocycles. The second kappa shape index (κ2) is 4.96. The summed E-state index contributed by atoms with van der Waals surface area (Å²) in [5, 5.41) is 0. The van der Waals surface area contributed by atoms with Crippen molar-refractivity contribution in [2.24, 2.45) is 0 Å². The monoisotopic (exact) mass is 292 g/mol. The van der Waals surface area contributed by atoms with Gasteiger partial charge in [-0.3, -0.25) is 9.69 Å². The van der Waals surface area contributed by atoms with Crippen LogP contribution in [0.1, 0.15) is 29.2 Å². The number of amides is 1. The van der Waals surface area contributed by atoms with Gasteiger partial charge in [0, 0.05) is 5.69 Å². The predicted octanol–water partition coefficient (Wildman–Crippen LogP) is 3.00. The Labute approximate surface area is 131 Å². The van der Waals surface area contributed by atoms with Crippen molar-refractivity contribution in [3.8, 4) is 0 Å². The molecule has 2 aliphatic heterocycles. The topological polar surface area (TPSA) is 23.6 Å². The molecule has 0 aliphatic carbocycles. The van der Waals surface area contributed by atoms with Gasteiger partial charge >= 0.3 is 0 Å². The van der Waals surface area contributed by atoms with E-state index < -0.39 is 0 Å². The van der Waals surface area contributed by atoms with Gasteiger partial charge in [0.2, 0.25) is 5.91 Å². The lowest BCUT2D eigenvalue weighted by molar-refractivity contribution is -0.120. The van der Waals surface area contributed by atoms with E-state index in [1.807, 2.05) is 30.0 Å². The number of para-hydroxylation sites is 1. The molecule has 1 fully saturated rings. The van der Waals surface area contributed by atoms with Crippen LogP contribution in [0.5, 0.6) is 0 Å². The first-order valence-electron chi connectivity index (χ1n) is 7.82. The van der Waals surface area contributed by atoms with Crippen LogP contribution in [0.4, 0.5) is 5.69 Å². The summed E-state index contributed by atoms with van der Waals surface area (Å²) < 4.78 is 0. The Kier molecular flexibility index (Phi) is 3.05. The minimum absolute atomic E-state index is 0.0378. The molecule has 0 N–H and O–H groups in total. The third-order valence-electron chi connectivity index (χ3n) is 4.95. The fourth-order valence-corrected chi connectivity index (χ4v) is 3.84. The highest BCUT2D eigenvalue weighted by Gasteiger charge is 2.44. The molecule has 0 bridgehead atoms. The highest BCUT2D eigenvalue weighted by atomic mass is 16.2. The smallest absolute Gasteiger partial charge is 0.244 e. The maximum absolute atomic E-state index is 13.0. The predicted molar refractivity (Wildman–Crippen MR) is 88.0 cm³/mol. The van der Waals surface area contributed by atoms with Gasteiger partial charge < -0.3 is 4.90 Å². The number of rotatable bonds is 1. The van der Waals surface area contributed by atoms with Crippen molar-refractivity contribution < 1.29 is 4.79 Å². The van der Waals surface area contributed by atoms with Gasteiger partial charge in [-0.25, -0.2) is 0 Å². The second-order valence-corrected chi connectivity index (χ2v) is 6.44. The standard InChI is InChI=1S/C19H20N2O/c1-20(2)18-12-17-15-9-5-3-7-13(15)11-14-8-4-6-10-16(14)21(17)19(18)22/h3-10,17-18H,11-12H2,1-2H3. The van der Waals surface area contributed by atoms with Crippen molar-refractivity contribution >= 4 is 11.6 Å². The van der Waals surface area contributed by atoms with E-state index in [-0.39, 0.29) is 18.0 Å². The summed E-state index contributed by atoms with van der Waals surface area (Å²) in [7, 11) is 3.99. The second-order valence-electron chi connectivity index (χ2n) is 6.44. The van der Waals surface area contributed by atoms with Gasteiger partial charge in [-0.2, -0.15) is 0 Å². The van der Waals surface area contributed by atoms with Crippen molar-refractivity contribution in [2.75, 3.05) is 19.0 Å². The van der Waals surface area contributed by atoms with Crippen LogP contribution < -0.4 is 4.90 Å². The van der Waals surface area contributed by atoms with Crippen LogP contribution in [0, 0.1) is 0 Å². The van der Waals surface area contributed by atoms with Crippen LogP contribution in [0.3, 0.4) is 0 Å². The molecule has 2 heterocycles. The molecule has 1 amide bonds. The number of benzene rings is 2. The quantitative estimate of drug-likeness (QED) is 0.806. The molecule has 0 saturated carbocycles. The van der Waals surface area contributed by atoms with Gasteiger partial charge in [0.1, 0.15) is 0 Å². The van der Waals surface area contributed by atoms with Crippen LogP contribution in [0.15, 0.2) is 48.5 Å². The number of anilines is 1. The zero-order valence-corrected chi connectivity index (χ0v) is 13.0. The number of likely N-dealkylation sites (N-methyl/N-ethyl adjacent to an activating group) is 1. The third kappa shape index (κ3) is 1.89. The molecule has 3 heteroatoms. The number of hydrogen-bond acceptors (Lipinski definition) is 2. The van der Waals surface area contributed by atoms with E-state index in [0.717, 1.165) is 18.5 Å². The minimum Gasteiger partial charge on any atom is -0.303 e. The molecule has 112 valence electrons. The van der Waals surface area contributed by atoms with Gasteiger partial charge in [-0.1, -0.05) is 42.5 Å². The van der Waals surface area contributed by atoms with Crippen LogP contribution in [-0.4, -0.2) is 30.9 Å². The SMILES string of the molecule is CN(C)C1CC2c3ccccc3Cc3ccccc3N2C1=O. The zero-order chi connectivity index (χ0) is 15.3. The molecule has 0 radical (unpaired) electrons. The van der Waals surface area contributed by atoms with Crippen molar-refractivity contribution in [1.82, 2.24) is 4.90 Å². The van der Waals surface area contributed by atoms with Crippen LogP contribution in [0.2, 0.25) is 0 Å². The van der Waals surface area contributed by atoms with E-state index in [0.29, 0.717) is 0 Å². The Bertz CT molecular complexity index is 738. The number of hydrogen-bond donors (Lipinski definition) is 0. The molecule has 2 atom stereocenters. The van der Waals surface area contributed by atoms with Crippen molar-refractivity contribution in [1.29, 1.82) is 0 Å². The molecule has 2 unspecified atom stereocenters. The molecule has 0 aromatic heterocycles. The maximum atomic E-state index is 13.0. The Hall–Kier alpha value is -2.13. The van der Waals surface area contributed by atoms with Crippen LogP contribution in [0.25, 0.3) is 0 Å². The Balaban J connectivity index is 1.92. The molecule has 2 aromatic rings. The molecular weight excluding hydrogens is 272 g/mol. The number of carbonyl (C=O) groups is 1.